The fourth-order valence-corrected chi connectivity index (χ4v) is 3.79. The Morgan fingerprint density at radius 1 is 1.33 bits per heavy atom. The van der Waals surface area contributed by atoms with Crippen LogP contribution in [0.2, 0.25) is 0 Å². The highest BCUT2D eigenvalue weighted by atomic mass is 32.1. The lowest BCUT2D eigenvalue weighted by atomic mass is 10.2. The van der Waals surface area contributed by atoms with Crippen molar-refractivity contribution >= 4 is 17.2 Å². The van der Waals surface area contributed by atoms with E-state index < -0.39 is 0 Å². The maximum atomic E-state index is 12.7. The summed E-state index contributed by atoms with van der Waals surface area (Å²) in [5.41, 5.74) is 1.15. The van der Waals surface area contributed by atoms with Gasteiger partial charge in [0.15, 0.2) is 0 Å². The number of hydrogen-bond acceptors (Lipinski definition) is 5. The molecule has 1 aliphatic rings. The predicted octanol–water partition coefficient (Wildman–Crippen LogP) is 2.20. The van der Waals surface area contributed by atoms with Gasteiger partial charge in [0.05, 0.1) is 10.7 Å². The third-order valence-corrected chi connectivity index (χ3v) is 5.51. The molecule has 0 N–H and O–H groups in total. The van der Waals surface area contributed by atoms with Gasteiger partial charge >= 0.3 is 0 Å². The van der Waals surface area contributed by atoms with Gasteiger partial charge < -0.3 is 4.90 Å². The monoisotopic (exact) mass is 347 g/mol. The van der Waals surface area contributed by atoms with Crippen molar-refractivity contribution in [1.29, 1.82) is 0 Å². The van der Waals surface area contributed by atoms with Gasteiger partial charge in [0.1, 0.15) is 6.04 Å². The van der Waals surface area contributed by atoms with Gasteiger partial charge in [-0.05, 0) is 25.8 Å². The Kier molecular flexibility index (Phi) is 5.63. The molecule has 0 aromatic carbocycles. The molecule has 2 aromatic heterocycles. The summed E-state index contributed by atoms with van der Waals surface area (Å²) in [6, 6.07) is 1.61. The minimum atomic E-state index is -0.239. The Labute approximate surface area is 147 Å². The first kappa shape index (κ1) is 17.1. The Hall–Kier alpha value is -1.73. The van der Waals surface area contributed by atoms with Gasteiger partial charge in [-0.25, -0.2) is 4.98 Å². The number of aromatic nitrogens is 3. The van der Waals surface area contributed by atoms with Gasteiger partial charge in [0, 0.05) is 50.5 Å². The molecule has 0 bridgehead atoms. The maximum absolute atomic E-state index is 12.7. The summed E-state index contributed by atoms with van der Waals surface area (Å²) in [5.74, 6) is 0.155. The number of amides is 1. The van der Waals surface area contributed by atoms with Crippen LogP contribution in [0.5, 0.6) is 0 Å². The zero-order valence-corrected chi connectivity index (χ0v) is 15.2. The van der Waals surface area contributed by atoms with Crippen LogP contribution in [-0.2, 0) is 17.8 Å². The van der Waals surface area contributed by atoms with Crippen LogP contribution in [0.1, 0.15) is 37.0 Å². The van der Waals surface area contributed by atoms with E-state index in [2.05, 4.69) is 27.3 Å². The summed E-state index contributed by atoms with van der Waals surface area (Å²) >= 11 is 1.74. The molecule has 1 aliphatic heterocycles. The fourth-order valence-electron chi connectivity index (χ4n) is 3.05. The van der Waals surface area contributed by atoms with Gasteiger partial charge in [-0.1, -0.05) is 6.92 Å². The summed E-state index contributed by atoms with van der Waals surface area (Å²) in [6.45, 7) is 8.44. The highest BCUT2D eigenvalue weighted by Crippen LogP contribution is 2.15. The Morgan fingerprint density at radius 3 is 2.92 bits per heavy atom. The predicted molar refractivity (Wildman–Crippen MR) is 94.9 cm³/mol. The number of carbonyl (C=O) groups is 1. The SMILES string of the molecule is CCc1nc(CN2CCCN(C(=O)[C@H](C)n3cccn3)CC2)cs1. The summed E-state index contributed by atoms with van der Waals surface area (Å²) < 4.78 is 1.73. The average molecular weight is 347 g/mol. The van der Waals surface area contributed by atoms with E-state index in [0.717, 1.165) is 51.3 Å². The third-order valence-electron chi connectivity index (χ3n) is 4.47. The van der Waals surface area contributed by atoms with Crippen LogP contribution in [0.15, 0.2) is 23.8 Å². The van der Waals surface area contributed by atoms with Gasteiger partial charge in [0.25, 0.3) is 0 Å². The molecule has 0 radical (unpaired) electrons. The molecule has 1 atom stereocenters. The molecule has 24 heavy (non-hydrogen) atoms. The summed E-state index contributed by atoms with van der Waals surface area (Å²) in [5, 5.41) is 7.55. The second-order valence-electron chi connectivity index (χ2n) is 6.20. The van der Waals surface area contributed by atoms with Gasteiger partial charge in [0.2, 0.25) is 5.91 Å². The fraction of sp³-hybridized carbons (Fsp3) is 0.588. The third kappa shape index (κ3) is 4.02. The smallest absolute Gasteiger partial charge is 0.247 e. The van der Waals surface area contributed by atoms with Gasteiger partial charge in [-0.15, -0.1) is 11.3 Å². The lowest BCUT2D eigenvalue weighted by Crippen LogP contribution is -2.39. The van der Waals surface area contributed by atoms with Crippen LogP contribution in [0.25, 0.3) is 0 Å². The minimum Gasteiger partial charge on any atom is -0.340 e. The topological polar surface area (TPSA) is 54.3 Å². The lowest BCUT2D eigenvalue weighted by molar-refractivity contribution is -0.134. The van der Waals surface area contributed by atoms with Crippen LogP contribution in [0.3, 0.4) is 0 Å². The zero-order chi connectivity index (χ0) is 16.9. The van der Waals surface area contributed by atoms with Crippen molar-refractivity contribution in [3.8, 4) is 0 Å². The number of thiazole rings is 1. The normalized spacial score (nSPS) is 17.7. The Bertz CT molecular complexity index is 654. The summed E-state index contributed by atoms with van der Waals surface area (Å²) in [7, 11) is 0. The molecule has 0 spiro atoms. The largest absolute Gasteiger partial charge is 0.340 e. The number of aryl methyl sites for hydroxylation is 1. The van der Waals surface area contributed by atoms with Gasteiger partial charge in [-0.3, -0.25) is 14.4 Å². The molecule has 0 aliphatic carbocycles. The molecular formula is C17H25N5OS. The van der Waals surface area contributed by atoms with E-state index in [9.17, 15) is 4.79 Å². The van der Waals surface area contributed by atoms with E-state index >= 15 is 0 Å². The van der Waals surface area contributed by atoms with Crippen LogP contribution in [0.4, 0.5) is 0 Å². The standard InChI is InChI=1S/C17H25N5OS/c1-3-16-19-15(13-24-16)12-20-7-5-8-21(11-10-20)17(23)14(2)22-9-4-6-18-22/h4,6,9,13-14H,3,5,7-8,10-12H2,1-2H3/t14-/m0/s1. The van der Waals surface area contributed by atoms with Crippen molar-refractivity contribution in [1.82, 2.24) is 24.6 Å². The quantitative estimate of drug-likeness (QED) is 0.832. The Balaban J connectivity index is 1.55. The van der Waals surface area contributed by atoms with Crippen molar-refractivity contribution < 1.29 is 4.79 Å². The molecule has 0 saturated carbocycles. The molecule has 2 aromatic rings. The van der Waals surface area contributed by atoms with E-state index in [1.807, 2.05) is 24.1 Å². The number of carbonyl (C=O) groups excluding carboxylic acids is 1. The maximum Gasteiger partial charge on any atom is 0.247 e. The highest BCUT2D eigenvalue weighted by molar-refractivity contribution is 7.09. The van der Waals surface area contributed by atoms with E-state index in [4.69, 9.17) is 0 Å². The number of nitrogens with zero attached hydrogens (tertiary/aromatic N) is 5. The molecule has 130 valence electrons. The molecule has 6 nitrogen and oxygen atoms in total. The van der Waals surface area contributed by atoms with E-state index in [0.29, 0.717) is 0 Å². The molecule has 3 heterocycles. The molecule has 1 amide bonds. The summed E-state index contributed by atoms with van der Waals surface area (Å²) in [6.07, 6.45) is 5.56. The Morgan fingerprint density at radius 2 is 2.21 bits per heavy atom. The van der Waals surface area contributed by atoms with Gasteiger partial charge in [-0.2, -0.15) is 5.10 Å². The van der Waals surface area contributed by atoms with Crippen molar-refractivity contribution in [2.45, 2.75) is 39.3 Å². The van der Waals surface area contributed by atoms with Crippen molar-refractivity contribution in [3.63, 3.8) is 0 Å². The second kappa shape index (κ2) is 7.90. The van der Waals surface area contributed by atoms with E-state index in [1.54, 1.807) is 22.2 Å². The number of rotatable bonds is 5. The van der Waals surface area contributed by atoms with Crippen molar-refractivity contribution in [2.24, 2.45) is 0 Å². The van der Waals surface area contributed by atoms with Crippen LogP contribution < -0.4 is 0 Å². The van der Waals surface area contributed by atoms with Crippen molar-refractivity contribution in [3.05, 3.63) is 34.5 Å². The first-order chi connectivity index (χ1) is 11.7. The lowest BCUT2D eigenvalue weighted by Gasteiger charge is -2.24. The van der Waals surface area contributed by atoms with Crippen molar-refractivity contribution in [2.75, 3.05) is 26.2 Å². The average Bonchev–Trinajstić information content (AvgIpc) is 3.23. The molecule has 7 heteroatoms. The molecule has 1 fully saturated rings. The summed E-state index contributed by atoms with van der Waals surface area (Å²) in [4.78, 5) is 21.7. The van der Waals surface area contributed by atoms with E-state index in [1.165, 1.54) is 5.01 Å². The molecular weight excluding hydrogens is 322 g/mol. The van der Waals surface area contributed by atoms with Crippen LogP contribution >= 0.6 is 11.3 Å². The van der Waals surface area contributed by atoms with Crippen LogP contribution in [-0.4, -0.2) is 56.7 Å². The molecule has 1 saturated heterocycles. The minimum absolute atomic E-state index is 0.155. The molecule has 0 unspecified atom stereocenters. The number of hydrogen-bond donors (Lipinski definition) is 0. The first-order valence-corrected chi connectivity index (χ1v) is 9.49. The van der Waals surface area contributed by atoms with E-state index in [-0.39, 0.29) is 11.9 Å². The zero-order valence-electron chi connectivity index (χ0n) is 14.4. The van der Waals surface area contributed by atoms with Crippen LogP contribution in [0, 0.1) is 0 Å². The second-order valence-corrected chi connectivity index (χ2v) is 7.15. The molecule has 3 rings (SSSR count). The first-order valence-electron chi connectivity index (χ1n) is 8.61. The highest BCUT2D eigenvalue weighted by Gasteiger charge is 2.24.